The van der Waals surface area contributed by atoms with E-state index >= 15 is 0 Å². The van der Waals surface area contributed by atoms with Crippen LogP contribution in [0.4, 0.5) is 6.01 Å². The third-order valence-electron chi connectivity index (χ3n) is 2.78. The molecule has 1 atom stereocenters. The van der Waals surface area contributed by atoms with Gasteiger partial charge in [-0.15, -0.1) is 5.10 Å². The average molecular weight is 283 g/mol. The molecule has 20 heavy (non-hydrogen) atoms. The second kappa shape index (κ2) is 8.52. The number of nitrogens with zero attached hydrogens (tertiary/aromatic N) is 3. The molecule has 0 saturated heterocycles. The van der Waals surface area contributed by atoms with E-state index in [9.17, 15) is 4.79 Å². The third kappa shape index (κ3) is 5.16. The van der Waals surface area contributed by atoms with E-state index in [4.69, 9.17) is 4.42 Å². The van der Waals surface area contributed by atoms with Gasteiger partial charge in [0.15, 0.2) is 0 Å². The van der Waals surface area contributed by atoms with Gasteiger partial charge in [-0.05, 0) is 26.3 Å². The minimum atomic E-state index is -0.0498. The van der Waals surface area contributed by atoms with Crippen molar-refractivity contribution in [3.63, 3.8) is 0 Å². The van der Waals surface area contributed by atoms with Crippen molar-refractivity contribution < 1.29 is 9.21 Å². The van der Waals surface area contributed by atoms with Crippen molar-refractivity contribution in [1.29, 1.82) is 0 Å². The first-order chi connectivity index (χ1) is 9.58. The fraction of sp³-hybridized carbons (Fsp3) is 0.769. The Morgan fingerprint density at radius 3 is 2.65 bits per heavy atom. The molecule has 0 fully saturated rings. The normalized spacial score (nSPS) is 12.2. The SMILES string of the molecule is CCCNC(=O)CN(C)c1nnc(C(C)NCCC)o1. The number of aromatic nitrogens is 2. The molecule has 1 aromatic rings. The van der Waals surface area contributed by atoms with Crippen molar-refractivity contribution in [2.75, 3.05) is 31.6 Å². The van der Waals surface area contributed by atoms with E-state index in [-0.39, 0.29) is 18.5 Å². The van der Waals surface area contributed by atoms with Crippen molar-refractivity contribution in [3.8, 4) is 0 Å². The predicted molar refractivity (Wildman–Crippen MR) is 77.6 cm³/mol. The number of carbonyl (C=O) groups is 1. The largest absolute Gasteiger partial charge is 0.406 e. The van der Waals surface area contributed by atoms with Crippen LogP contribution in [0, 0.1) is 0 Å². The van der Waals surface area contributed by atoms with Gasteiger partial charge in [0.1, 0.15) is 6.54 Å². The lowest BCUT2D eigenvalue weighted by atomic mass is 10.3. The van der Waals surface area contributed by atoms with E-state index in [1.807, 2.05) is 13.8 Å². The van der Waals surface area contributed by atoms with Crippen molar-refractivity contribution >= 4 is 11.9 Å². The van der Waals surface area contributed by atoms with Gasteiger partial charge in [-0.1, -0.05) is 18.9 Å². The molecular formula is C13H25N5O2. The third-order valence-corrected chi connectivity index (χ3v) is 2.78. The molecule has 0 aliphatic carbocycles. The van der Waals surface area contributed by atoms with Crippen LogP contribution in [0.1, 0.15) is 45.5 Å². The first-order valence-electron chi connectivity index (χ1n) is 7.13. The number of amides is 1. The van der Waals surface area contributed by atoms with E-state index in [2.05, 4.69) is 27.8 Å². The topological polar surface area (TPSA) is 83.3 Å². The van der Waals surface area contributed by atoms with Crippen LogP contribution in [-0.4, -0.2) is 42.8 Å². The van der Waals surface area contributed by atoms with Crippen LogP contribution in [0.25, 0.3) is 0 Å². The van der Waals surface area contributed by atoms with Crippen LogP contribution >= 0.6 is 0 Å². The van der Waals surface area contributed by atoms with Gasteiger partial charge < -0.3 is 20.0 Å². The standard InChI is InChI=1S/C13H25N5O2/c1-5-7-14-10(3)12-16-17-13(20-12)18(4)9-11(19)15-8-6-2/h10,14H,5-9H2,1-4H3,(H,15,19). The van der Waals surface area contributed by atoms with E-state index in [0.717, 1.165) is 19.4 Å². The number of carbonyl (C=O) groups excluding carboxylic acids is 1. The van der Waals surface area contributed by atoms with Gasteiger partial charge in [0.25, 0.3) is 0 Å². The highest BCUT2D eigenvalue weighted by Crippen LogP contribution is 2.15. The predicted octanol–water partition coefficient (Wildman–Crippen LogP) is 1.09. The molecule has 0 radical (unpaired) electrons. The quantitative estimate of drug-likeness (QED) is 0.706. The Balaban J connectivity index is 2.51. The molecule has 1 rings (SSSR count). The van der Waals surface area contributed by atoms with E-state index in [1.54, 1.807) is 11.9 Å². The lowest BCUT2D eigenvalue weighted by molar-refractivity contribution is -0.119. The van der Waals surface area contributed by atoms with Crippen LogP contribution < -0.4 is 15.5 Å². The maximum Gasteiger partial charge on any atom is 0.318 e. The summed E-state index contributed by atoms with van der Waals surface area (Å²) in [4.78, 5) is 13.3. The fourth-order valence-electron chi connectivity index (χ4n) is 1.61. The molecule has 0 spiro atoms. The molecule has 1 heterocycles. The summed E-state index contributed by atoms with van der Waals surface area (Å²) in [6.45, 7) is 7.87. The maximum absolute atomic E-state index is 11.6. The number of likely N-dealkylation sites (N-methyl/N-ethyl adjacent to an activating group) is 1. The summed E-state index contributed by atoms with van der Waals surface area (Å²) in [6, 6.07) is 0.371. The second-order valence-electron chi connectivity index (χ2n) is 4.80. The minimum absolute atomic E-state index is 0.0125. The molecular weight excluding hydrogens is 258 g/mol. The number of hydrogen-bond acceptors (Lipinski definition) is 6. The van der Waals surface area contributed by atoms with E-state index in [1.165, 1.54) is 0 Å². The van der Waals surface area contributed by atoms with Gasteiger partial charge >= 0.3 is 6.01 Å². The van der Waals surface area contributed by atoms with Crippen LogP contribution in [-0.2, 0) is 4.79 Å². The summed E-state index contributed by atoms with van der Waals surface area (Å²) in [5, 5.41) is 14.1. The summed E-state index contributed by atoms with van der Waals surface area (Å²) < 4.78 is 5.57. The number of rotatable bonds is 9. The molecule has 1 amide bonds. The van der Waals surface area contributed by atoms with Gasteiger partial charge in [-0.2, -0.15) is 0 Å². The summed E-state index contributed by atoms with van der Waals surface area (Å²) >= 11 is 0. The summed E-state index contributed by atoms with van der Waals surface area (Å²) in [5.41, 5.74) is 0. The van der Waals surface area contributed by atoms with Gasteiger partial charge in [0, 0.05) is 13.6 Å². The molecule has 1 aromatic heterocycles. The zero-order chi connectivity index (χ0) is 15.0. The first kappa shape index (κ1) is 16.4. The average Bonchev–Trinajstić information content (AvgIpc) is 2.92. The van der Waals surface area contributed by atoms with Crippen LogP contribution in [0.2, 0.25) is 0 Å². The summed E-state index contributed by atoms with van der Waals surface area (Å²) in [7, 11) is 1.76. The Kier molecular flexibility index (Phi) is 7.00. The minimum Gasteiger partial charge on any atom is -0.406 e. The molecule has 7 nitrogen and oxygen atoms in total. The van der Waals surface area contributed by atoms with Gasteiger partial charge in [0.05, 0.1) is 6.04 Å². The smallest absolute Gasteiger partial charge is 0.318 e. The highest BCUT2D eigenvalue weighted by Gasteiger charge is 2.17. The van der Waals surface area contributed by atoms with Crippen LogP contribution in [0.15, 0.2) is 4.42 Å². The van der Waals surface area contributed by atoms with Crippen LogP contribution in [0.3, 0.4) is 0 Å². The van der Waals surface area contributed by atoms with Crippen molar-refractivity contribution in [1.82, 2.24) is 20.8 Å². The molecule has 0 aliphatic rings. The number of nitrogens with one attached hydrogen (secondary N) is 2. The Bertz CT molecular complexity index is 407. The van der Waals surface area contributed by atoms with Gasteiger partial charge in [-0.3, -0.25) is 4.79 Å². The monoisotopic (exact) mass is 283 g/mol. The lowest BCUT2D eigenvalue weighted by Crippen LogP contribution is -2.35. The highest BCUT2D eigenvalue weighted by molar-refractivity contribution is 5.80. The van der Waals surface area contributed by atoms with E-state index < -0.39 is 0 Å². The summed E-state index contributed by atoms with van der Waals surface area (Å²) in [6.07, 6.45) is 1.96. The Labute approximate surface area is 120 Å². The first-order valence-corrected chi connectivity index (χ1v) is 7.13. The number of hydrogen-bond donors (Lipinski definition) is 2. The Morgan fingerprint density at radius 2 is 2.00 bits per heavy atom. The zero-order valence-electron chi connectivity index (χ0n) is 12.8. The molecule has 0 aromatic carbocycles. The van der Waals surface area contributed by atoms with Gasteiger partial charge in [0.2, 0.25) is 11.8 Å². The Morgan fingerprint density at radius 1 is 1.30 bits per heavy atom. The summed E-state index contributed by atoms with van der Waals surface area (Å²) in [5.74, 6) is 0.487. The molecule has 7 heteroatoms. The molecule has 0 bridgehead atoms. The van der Waals surface area contributed by atoms with Crippen molar-refractivity contribution in [3.05, 3.63) is 5.89 Å². The molecule has 2 N–H and O–H groups in total. The van der Waals surface area contributed by atoms with Crippen molar-refractivity contribution in [2.24, 2.45) is 0 Å². The molecule has 1 unspecified atom stereocenters. The van der Waals surface area contributed by atoms with Crippen molar-refractivity contribution in [2.45, 2.75) is 39.7 Å². The van der Waals surface area contributed by atoms with E-state index in [0.29, 0.717) is 18.5 Å². The number of anilines is 1. The van der Waals surface area contributed by atoms with Crippen LogP contribution in [0.5, 0.6) is 0 Å². The Hall–Kier alpha value is -1.63. The fourth-order valence-corrected chi connectivity index (χ4v) is 1.61. The highest BCUT2D eigenvalue weighted by atomic mass is 16.4. The molecule has 114 valence electrons. The maximum atomic E-state index is 11.6. The van der Waals surface area contributed by atoms with Gasteiger partial charge in [-0.25, -0.2) is 0 Å². The zero-order valence-corrected chi connectivity index (χ0v) is 12.8. The molecule has 0 aliphatic heterocycles. The second-order valence-corrected chi connectivity index (χ2v) is 4.80. The molecule has 0 saturated carbocycles. The lowest BCUT2D eigenvalue weighted by Gasteiger charge is -2.13.